The molecule has 2 aliphatic rings. The number of phenolic OH excluding ortho intramolecular Hbond substituents is 1. The van der Waals surface area contributed by atoms with Crippen molar-refractivity contribution >= 4 is 23.5 Å². The number of fused-ring (bicyclic) bond motifs is 1. The van der Waals surface area contributed by atoms with E-state index in [-0.39, 0.29) is 5.75 Å². The van der Waals surface area contributed by atoms with Gasteiger partial charge in [-0.15, -0.1) is 0 Å². The van der Waals surface area contributed by atoms with Crippen LogP contribution in [0.1, 0.15) is 18.5 Å². The van der Waals surface area contributed by atoms with Crippen LogP contribution in [0.25, 0.3) is 0 Å². The number of phenols is 1. The highest BCUT2D eigenvalue weighted by Crippen LogP contribution is 2.51. The maximum Gasteiger partial charge on any atom is 0.324 e. The second-order valence-electron chi connectivity index (χ2n) is 7.41. The van der Waals surface area contributed by atoms with Crippen molar-refractivity contribution in [2.24, 2.45) is 11.8 Å². The zero-order valence-corrected chi connectivity index (χ0v) is 15.8. The molecule has 0 aromatic heterocycles. The molecule has 2 saturated heterocycles. The van der Waals surface area contributed by atoms with Gasteiger partial charge >= 0.3 is 5.97 Å². The number of amides is 2. The van der Waals surface area contributed by atoms with Crippen LogP contribution in [-0.4, -0.2) is 40.6 Å². The van der Waals surface area contributed by atoms with Gasteiger partial charge in [0, 0.05) is 17.7 Å². The van der Waals surface area contributed by atoms with Crippen molar-refractivity contribution in [3.63, 3.8) is 0 Å². The molecule has 2 fully saturated rings. The maximum absolute atomic E-state index is 13.3. The van der Waals surface area contributed by atoms with Gasteiger partial charge in [0.25, 0.3) is 0 Å². The highest BCUT2D eigenvalue weighted by atomic mass is 16.5. The number of rotatable bonds is 4. The van der Waals surface area contributed by atoms with E-state index in [1.807, 2.05) is 0 Å². The number of imide groups is 1. The summed E-state index contributed by atoms with van der Waals surface area (Å²) in [4.78, 5) is 39.6. The molecule has 4 rings (SSSR count). The number of para-hydroxylation sites is 1. The first-order chi connectivity index (χ1) is 13.8. The van der Waals surface area contributed by atoms with Gasteiger partial charge in [0.2, 0.25) is 11.8 Å². The second kappa shape index (κ2) is 6.59. The Labute approximate surface area is 166 Å². The molecule has 3 N–H and O–H groups in total. The van der Waals surface area contributed by atoms with Crippen LogP contribution in [0, 0.1) is 11.8 Å². The summed E-state index contributed by atoms with van der Waals surface area (Å²) in [6, 6.07) is 12.1. The number of benzene rings is 2. The SMILES string of the molecule is COc1ccc(C2NC(C)(C(=O)O)C3C(=O)N(c4ccccc4)C(=O)C23)c(O)c1. The zero-order chi connectivity index (χ0) is 20.9. The van der Waals surface area contributed by atoms with E-state index in [1.165, 1.54) is 20.1 Å². The van der Waals surface area contributed by atoms with Gasteiger partial charge in [0.15, 0.2) is 0 Å². The summed E-state index contributed by atoms with van der Waals surface area (Å²) in [6.07, 6.45) is 0. The molecule has 2 amide bonds. The van der Waals surface area contributed by atoms with Crippen molar-refractivity contribution < 1.29 is 29.3 Å². The van der Waals surface area contributed by atoms with Gasteiger partial charge in [0.05, 0.1) is 24.6 Å². The number of nitrogens with zero attached hydrogens (tertiary/aromatic N) is 1. The maximum atomic E-state index is 13.3. The largest absolute Gasteiger partial charge is 0.507 e. The van der Waals surface area contributed by atoms with Gasteiger partial charge in [0.1, 0.15) is 17.0 Å². The van der Waals surface area contributed by atoms with Crippen molar-refractivity contribution in [1.82, 2.24) is 5.32 Å². The molecule has 2 aromatic rings. The number of hydrogen-bond acceptors (Lipinski definition) is 6. The highest BCUT2D eigenvalue weighted by molar-refractivity contribution is 6.24. The van der Waals surface area contributed by atoms with Crippen LogP contribution in [0.2, 0.25) is 0 Å². The van der Waals surface area contributed by atoms with E-state index in [0.29, 0.717) is 17.0 Å². The fourth-order valence-electron chi connectivity index (χ4n) is 4.35. The molecule has 0 aliphatic carbocycles. The summed E-state index contributed by atoms with van der Waals surface area (Å²) >= 11 is 0. The van der Waals surface area contributed by atoms with Crippen LogP contribution in [0.3, 0.4) is 0 Å². The molecule has 8 heteroatoms. The third-order valence-corrected chi connectivity index (χ3v) is 5.82. The Morgan fingerprint density at radius 1 is 1.14 bits per heavy atom. The van der Waals surface area contributed by atoms with Gasteiger partial charge in [-0.2, -0.15) is 0 Å². The summed E-state index contributed by atoms with van der Waals surface area (Å²) < 4.78 is 5.09. The lowest BCUT2D eigenvalue weighted by Gasteiger charge is -2.27. The molecule has 4 atom stereocenters. The van der Waals surface area contributed by atoms with Crippen LogP contribution in [-0.2, 0) is 14.4 Å². The standard InChI is InChI=1S/C21H20N2O6/c1-21(20(27)28)16-15(17(22-21)13-9-8-12(29-2)10-14(13)24)18(25)23(19(16)26)11-6-4-3-5-7-11/h3-10,15-17,22,24H,1-2H3,(H,27,28). The number of aliphatic carboxylic acids is 1. The second-order valence-corrected chi connectivity index (χ2v) is 7.41. The first-order valence-electron chi connectivity index (χ1n) is 9.10. The van der Waals surface area contributed by atoms with Crippen LogP contribution in [0.15, 0.2) is 48.5 Å². The number of aromatic hydroxyl groups is 1. The Kier molecular flexibility index (Phi) is 4.31. The minimum absolute atomic E-state index is 0.145. The Balaban J connectivity index is 1.83. The Morgan fingerprint density at radius 3 is 2.41 bits per heavy atom. The lowest BCUT2D eigenvalue weighted by Crippen LogP contribution is -2.53. The fraction of sp³-hybridized carbons (Fsp3) is 0.286. The molecular formula is C21H20N2O6. The van der Waals surface area contributed by atoms with Crippen LogP contribution >= 0.6 is 0 Å². The molecule has 2 aliphatic heterocycles. The van der Waals surface area contributed by atoms with Gasteiger partial charge in [-0.3, -0.25) is 19.7 Å². The monoisotopic (exact) mass is 396 g/mol. The molecule has 2 heterocycles. The van der Waals surface area contributed by atoms with E-state index in [4.69, 9.17) is 4.74 Å². The summed E-state index contributed by atoms with van der Waals surface area (Å²) in [5.41, 5.74) is -0.943. The third-order valence-electron chi connectivity index (χ3n) is 5.82. The van der Waals surface area contributed by atoms with E-state index in [1.54, 1.807) is 42.5 Å². The van der Waals surface area contributed by atoms with E-state index in [0.717, 1.165) is 4.90 Å². The van der Waals surface area contributed by atoms with E-state index in [2.05, 4.69) is 5.32 Å². The van der Waals surface area contributed by atoms with Gasteiger partial charge < -0.3 is 14.9 Å². The molecule has 0 bridgehead atoms. The Hall–Kier alpha value is -3.39. The van der Waals surface area contributed by atoms with Gasteiger partial charge in [-0.05, 0) is 25.1 Å². The minimum atomic E-state index is -1.67. The summed E-state index contributed by atoms with van der Waals surface area (Å²) in [7, 11) is 1.46. The van der Waals surface area contributed by atoms with Gasteiger partial charge in [-0.1, -0.05) is 24.3 Å². The highest BCUT2D eigenvalue weighted by Gasteiger charge is 2.67. The molecule has 150 valence electrons. The molecule has 2 aromatic carbocycles. The van der Waals surface area contributed by atoms with E-state index in [9.17, 15) is 24.6 Å². The van der Waals surface area contributed by atoms with Crippen molar-refractivity contribution in [2.75, 3.05) is 12.0 Å². The van der Waals surface area contributed by atoms with Crippen molar-refractivity contribution in [3.05, 3.63) is 54.1 Å². The normalized spacial score (nSPS) is 28.5. The number of carboxylic acids is 1. The number of hydrogen-bond donors (Lipinski definition) is 3. The predicted octanol–water partition coefficient (Wildman–Crippen LogP) is 1.69. The van der Waals surface area contributed by atoms with E-state index >= 15 is 0 Å². The average Bonchev–Trinajstić information content (AvgIpc) is 3.16. The topological polar surface area (TPSA) is 116 Å². The summed E-state index contributed by atoms with van der Waals surface area (Å²) in [5.74, 6) is -4.11. The molecule has 8 nitrogen and oxygen atoms in total. The molecule has 0 spiro atoms. The lowest BCUT2D eigenvalue weighted by atomic mass is 9.80. The van der Waals surface area contributed by atoms with Crippen molar-refractivity contribution in [1.29, 1.82) is 0 Å². The number of carbonyl (C=O) groups excluding carboxylic acids is 2. The fourth-order valence-corrected chi connectivity index (χ4v) is 4.35. The first kappa shape index (κ1) is 18.9. The Morgan fingerprint density at radius 2 is 1.83 bits per heavy atom. The zero-order valence-electron chi connectivity index (χ0n) is 15.8. The smallest absolute Gasteiger partial charge is 0.324 e. The summed E-state index contributed by atoms with van der Waals surface area (Å²) in [5, 5.41) is 23.3. The molecule has 0 saturated carbocycles. The molecule has 4 unspecified atom stereocenters. The Bertz CT molecular complexity index is 1010. The number of methoxy groups -OCH3 is 1. The molecular weight excluding hydrogens is 376 g/mol. The number of ether oxygens (including phenoxy) is 1. The minimum Gasteiger partial charge on any atom is -0.507 e. The quantitative estimate of drug-likeness (QED) is 0.674. The van der Waals surface area contributed by atoms with Crippen molar-refractivity contribution in [2.45, 2.75) is 18.5 Å². The number of carbonyl (C=O) groups is 3. The van der Waals surface area contributed by atoms with Crippen LogP contribution in [0.5, 0.6) is 11.5 Å². The average molecular weight is 396 g/mol. The summed E-state index contributed by atoms with van der Waals surface area (Å²) in [6.45, 7) is 1.40. The van der Waals surface area contributed by atoms with E-state index < -0.39 is 41.2 Å². The van der Waals surface area contributed by atoms with Crippen LogP contribution < -0.4 is 15.0 Å². The lowest BCUT2D eigenvalue weighted by molar-refractivity contribution is -0.147. The van der Waals surface area contributed by atoms with Gasteiger partial charge in [-0.25, -0.2) is 4.90 Å². The third kappa shape index (κ3) is 2.67. The predicted molar refractivity (Wildman–Crippen MR) is 102 cm³/mol. The number of nitrogens with one attached hydrogen (secondary N) is 1. The number of carboxylic acid groups (broad SMARTS) is 1. The van der Waals surface area contributed by atoms with Crippen LogP contribution in [0.4, 0.5) is 5.69 Å². The molecule has 29 heavy (non-hydrogen) atoms. The number of anilines is 1. The van der Waals surface area contributed by atoms with Crippen molar-refractivity contribution in [3.8, 4) is 11.5 Å². The first-order valence-corrected chi connectivity index (χ1v) is 9.10. The molecule has 0 radical (unpaired) electrons.